The third kappa shape index (κ3) is 7.19. The highest BCUT2D eigenvalue weighted by Crippen LogP contribution is 2.47. The van der Waals surface area contributed by atoms with Crippen LogP contribution in [0.5, 0.6) is 0 Å². The van der Waals surface area contributed by atoms with Crippen LogP contribution in [0.15, 0.2) is 12.7 Å². The number of anilines is 1. The van der Waals surface area contributed by atoms with Crippen LogP contribution in [-0.2, 0) is 32.9 Å². The molecule has 1 saturated heterocycles. The number of nitrogens with one attached hydrogen (secondary N) is 2. The number of hydrogen-bond acceptors (Lipinski definition) is 13. The van der Waals surface area contributed by atoms with Crippen molar-refractivity contribution in [3.05, 3.63) is 12.7 Å². The zero-order valence-corrected chi connectivity index (χ0v) is 24.7. The molecule has 6 atom stereocenters. The number of nitrogen functional groups attached to an aromatic ring is 1. The summed E-state index contributed by atoms with van der Waals surface area (Å²) in [7, 11) is -4.60. The summed E-state index contributed by atoms with van der Waals surface area (Å²) in [6.07, 6.45) is -8.26. The molecule has 2 aromatic rings. The van der Waals surface area contributed by atoms with Gasteiger partial charge in [-0.25, -0.2) is 33.9 Å². The molecule has 0 saturated carbocycles. The second kappa shape index (κ2) is 13.2. The van der Waals surface area contributed by atoms with Crippen LogP contribution in [0, 0.1) is 0 Å². The van der Waals surface area contributed by atoms with E-state index in [-0.39, 0.29) is 17.0 Å². The minimum Gasteiger partial charge on any atom is -0.462 e. The summed E-state index contributed by atoms with van der Waals surface area (Å²) in [6.45, 7) is 7.60. The van der Waals surface area contributed by atoms with Crippen molar-refractivity contribution in [3.8, 4) is 0 Å². The second-order valence-corrected chi connectivity index (χ2v) is 12.2. The smallest absolute Gasteiger partial charge is 0.342 e. The highest BCUT2D eigenvalue weighted by Gasteiger charge is 2.61. The number of halogens is 2. The van der Waals surface area contributed by atoms with Crippen molar-refractivity contribution in [2.24, 2.45) is 0 Å². The molecule has 3 rings (SSSR count). The number of aliphatic hydroxyl groups is 2. The largest absolute Gasteiger partial charge is 0.462 e. The quantitative estimate of drug-likeness (QED) is 0.153. The fraction of sp³-hybridized carbons (Fsp3) is 0.696. The molecule has 0 unspecified atom stereocenters. The van der Waals surface area contributed by atoms with Crippen LogP contribution in [0.1, 0.15) is 47.8 Å². The fourth-order valence-electron chi connectivity index (χ4n) is 4.07. The summed E-state index contributed by atoms with van der Waals surface area (Å²) in [5.41, 5.74) is 3.05. The predicted octanol–water partition coefficient (Wildman–Crippen LogP) is 0.647. The lowest BCUT2D eigenvalue weighted by molar-refractivity contribution is -0.191. The lowest BCUT2D eigenvalue weighted by Gasteiger charge is -2.33. The topological polar surface area (TPSA) is 222 Å². The maximum Gasteiger partial charge on any atom is 0.342 e. The average molecular weight is 624 g/mol. The number of aromatic nitrogens is 4. The molecule has 0 amide bonds. The van der Waals surface area contributed by atoms with E-state index in [0.717, 1.165) is 17.2 Å². The Bertz CT molecular complexity index is 1280. The second-order valence-electron chi connectivity index (χ2n) is 10.3. The molecular formula is C23H36F2N7O9P. The first kappa shape index (κ1) is 33.6. The number of fused-ring (bicyclic) bond motifs is 1. The first-order valence-electron chi connectivity index (χ1n) is 13.0. The van der Waals surface area contributed by atoms with Crippen LogP contribution >= 0.6 is 7.67 Å². The predicted molar refractivity (Wildman–Crippen MR) is 142 cm³/mol. The number of hydrogen-bond donors (Lipinski definition) is 5. The van der Waals surface area contributed by atoms with Crippen LogP contribution in [0.25, 0.3) is 11.2 Å². The van der Waals surface area contributed by atoms with Gasteiger partial charge >= 0.3 is 19.6 Å². The van der Waals surface area contributed by atoms with E-state index in [1.807, 2.05) is 0 Å². The molecule has 1 aliphatic heterocycles. The molecule has 0 bridgehead atoms. The van der Waals surface area contributed by atoms with Crippen molar-refractivity contribution in [2.45, 2.75) is 96.3 Å². The van der Waals surface area contributed by atoms with Gasteiger partial charge in [0.05, 0.1) is 18.8 Å². The van der Waals surface area contributed by atoms with Crippen LogP contribution in [-0.4, -0.2) is 96.8 Å². The lowest BCUT2D eigenvalue weighted by Crippen LogP contribution is -2.53. The van der Waals surface area contributed by atoms with Crippen LogP contribution < -0.4 is 15.9 Å². The maximum atomic E-state index is 14.6. The molecule has 0 aliphatic carbocycles. The molecule has 236 valence electrons. The Kier molecular flexibility index (Phi) is 10.6. The Hall–Kier alpha value is -2.86. The van der Waals surface area contributed by atoms with Gasteiger partial charge in [-0.3, -0.25) is 18.7 Å². The molecule has 16 nitrogen and oxygen atoms in total. The van der Waals surface area contributed by atoms with Gasteiger partial charge in [0.1, 0.15) is 42.5 Å². The van der Waals surface area contributed by atoms with Gasteiger partial charge in [0, 0.05) is 0 Å². The van der Waals surface area contributed by atoms with Crippen LogP contribution in [0.3, 0.4) is 0 Å². The van der Waals surface area contributed by atoms with Crippen molar-refractivity contribution in [1.29, 1.82) is 0 Å². The van der Waals surface area contributed by atoms with E-state index >= 15 is 0 Å². The van der Waals surface area contributed by atoms with E-state index in [0.29, 0.717) is 0 Å². The zero-order valence-electron chi connectivity index (χ0n) is 23.8. The number of alkyl halides is 2. The molecule has 19 heteroatoms. The lowest BCUT2D eigenvalue weighted by atomic mass is 9.96. The number of imidazole rings is 1. The zero-order chi connectivity index (χ0) is 31.6. The summed E-state index contributed by atoms with van der Waals surface area (Å²) >= 11 is 0. The fourth-order valence-corrected chi connectivity index (χ4v) is 5.91. The monoisotopic (exact) mass is 623 g/mol. The van der Waals surface area contributed by atoms with Gasteiger partial charge in [0.2, 0.25) is 0 Å². The van der Waals surface area contributed by atoms with Gasteiger partial charge in [-0.2, -0.15) is 0 Å². The van der Waals surface area contributed by atoms with E-state index in [2.05, 4.69) is 25.1 Å². The Balaban J connectivity index is 1.92. The van der Waals surface area contributed by atoms with Gasteiger partial charge in [-0.05, 0) is 41.5 Å². The van der Waals surface area contributed by atoms with Gasteiger partial charge in [0.25, 0.3) is 6.43 Å². The van der Waals surface area contributed by atoms with Crippen molar-refractivity contribution in [1.82, 2.24) is 29.7 Å². The van der Waals surface area contributed by atoms with E-state index in [9.17, 15) is 33.1 Å². The van der Waals surface area contributed by atoms with Gasteiger partial charge < -0.3 is 34.7 Å². The van der Waals surface area contributed by atoms with Crippen molar-refractivity contribution < 1.29 is 51.9 Å². The van der Waals surface area contributed by atoms with E-state index < -0.39 is 81.0 Å². The van der Waals surface area contributed by atoms with E-state index in [4.69, 9.17) is 24.5 Å². The first-order chi connectivity index (χ1) is 19.5. The SMILES string of the molecule is CC(C)OC(=O)[C@H](C)NP(=O)(N[C@@H](C)C(=O)OC(C)C)OC[C@@]1(C(F)F)O[C@@H](n2cnc3ncnc(N)c32)[C@H](O)[C@@H]1O. The molecule has 6 N–H and O–H groups in total. The minimum absolute atomic E-state index is 0.0451. The van der Waals surface area contributed by atoms with Crippen LogP contribution in [0.4, 0.5) is 14.6 Å². The molecule has 0 radical (unpaired) electrons. The Morgan fingerprint density at radius 1 is 1.07 bits per heavy atom. The maximum absolute atomic E-state index is 14.6. The molecule has 42 heavy (non-hydrogen) atoms. The highest BCUT2D eigenvalue weighted by atomic mass is 31.2. The number of aliphatic hydroxyl groups excluding tert-OH is 2. The Morgan fingerprint density at radius 2 is 1.62 bits per heavy atom. The average Bonchev–Trinajstić information content (AvgIpc) is 3.42. The number of nitrogens with zero attached hydrogens (tertiary/aromatic N) is 4. The van der Waals surface area contributed by atoms with E-state index in [1.54, 1.807) is 27.7 Å². The molecule has 1 fully saturated rings. The van der Waals surface area contributed by atoms with Gasteiger partial charge in [0.15, 0.2) is 23.3 Å². The third-order valence-electron chi connectivity index (χ3n) is 6.10. The summed E-state index contributed by atoms with van der Waals surface area (Å²) in [5, 5.41) is 26.3. The summed E-state index contributed by atoms with van der Waals surface area (Å²) in [6, 6.07) is -2.62. The number of nitrogens with two attached hydrogens (primary N) is 1. The number of esters is 2. The molecule has 1 aliphatic rings. The highest BCUT2D eigenvalue weighted by molar-refractivity contribution is 7.54. The summed E-state index contributed by atoms with van der Waals surface area (Å²) in [4.78, 5) is 36.5. The van der Waals surface area contributed by atoms with E-state index in [1.165, 1.54) is 13.8 Å². The van der Waals surface area contributed by atoms with Crippen molar-refractivity contribution in [3.63, 3.8) is 0 Å². The number of ether oxygens (including phenoxy) is 3. The minimum atomic E-state index is -4.60. The number of rotatable bonds is 13. The Morgan fingerprint density at radius 3 is 2.12 bits per heavy atom. The van der Waals surface area contributed by atoms with Gasteiger partial charge in [-0.15, -0.1) is 0 Å². The summed E-state index contributed by atoms with van der Waals surface area (Å²) < 4.78 is 65.3. The number of carbonyl (C=O) groups is 2. The van der Waals surface area contributed by atoms with Crippen LogP contribution in [0.2, 0.25) is 0 Å². The van der Waals surface area contributed by atoms with Crippen molar-refractivity contribution in [2.75, 3.05) is 12.3 Å². The molecule has 0 aromatic carbocycles. The Labute approximate surface area is 239 Å². The molecular weight excluding hydrogens is 587 g/mol. The normalized spacial score (nSPS) is 24.5. The first-order valence-corrected chi connectivity index (χ1v) is 14.6. The molecule has 2 aromatic heterocycles. The number of carbonyl (C=O) groups excluding carboxylic acids is 2. The third-order valence-corrected chi connectivity index (χ3v) is 8.05. The van der Waals surface area contributed by atoms with Crippen molar-refractivity contribution >= 4 is 36.6 Å². The van der Waals surface area contributed by atoms with Gasteiger partial charge in [-0.1, -0.05) is 0 Å². The standard InChI is InChI=1S/C23H36F2N7O9P/c1-10(2)39-20(35)12(5)30-42(37,31-13(6)21(36)40-11(3)4)38-7-23(22(24)25)16(34)15(33)19(41-23)32-9-29-18-14(32)17(26)27-8-28-18/h8-13,15-16,19,22,33-34H,7H2,1-6H3,(H2,26,27,28)(H2,30,31,37)/t12-,13-,15+,16-,19+,23+/m0/s1. The molecule has 3 heterocycles. The molecule has 0 spiro atoms. The summed E-state index contributed by atoms with van der Waals surface area (Å²) in [5.74, 6) is -1.80.